The maximum absolute atomic E-state index is 11.4. The van der Waals surface area contributed by atoms with Gasteiger partial charge in [-0.3, -0.25) is 0 Å². The zero-order chi connectivity index (χ0) is 9.97. The average molecular weight is 302 g/mol. The molecule has 1 saturated carbocycles. The van der Waals surface area contributed by atoms with Gasteiger partial charge in [-0.25, -0.2) is 4.79 Å². The molecule has 0 aromatic heterocycles. The van der Waals surface area contributed by atoms with Crippen LogP contribution in [-0.4, -0.2) is 12.1 Å². The van der Waals surface area contributed by atoms with Crippen molar-refractivity contribution in [3.05, 3.63) is 27.8 Å². The summed E-state index contributed by atoms with van der Waals surface area (Å²) in [7, 11) is 0. The number of para-hydroxylation sites is 1. The summed E-state index contributed by atoms with van der Waals surface area (Å²) in [6.45, 7) is 0. The Bertz CT molecular complexity index is 350. The zero-order valence-electron chi connectivity index (χ0n) is 7.59. The van der Waals surface area contributed by atoms with E-state index in [0.717, 1.165) is 22.1 Å². The van der Waals surface area contributed by atoms with Crippen LogP contribution in [0.1, 0.15) is 12.8 Å². The number of urea groups is 1. The molecule has 0 bridgehead atoms. The maximum Gasteiger partial charge on any atom is 0.319 e. The molecule has 0 unspecified atom stereocenters. The first kappa shape index (κ1) is 9.76. The van der Waals surface area contributed by atoms with Gasteiger partial charge in [0, 0.05) is 9.61 Å². The van der Waals surface area contributed by atoms with E-state index >= 15 is 0 Å². The first-order valence-electron chi connectivity index (χ1n) is 4.58. The van der Waals surface area contributed by atoms with Crippen LogP contribution in [0.2, 0.25) is 0 Å². The van der Waals surface area contributed by atoms with E-state index in [2.05, 4.69) is 33.2 Å². The van der Waals surface area contributed by atoms with E-state index in [0.29, 0.717) is 6.04 Å². The predicted molar refractivity (Wildman–Crippen MR) is 64.3 cm³/mol. The Morgan fingerprint density at radius 2 is 2.07 bits per heavy atom. The fraction of sp³-hybridized carbons (Fsp3) is 0.300. The summed E-state index contributed by atoms with van der Waals surface area (Å²) in [5.74, 6) is 0. The molecule has 0 atom stereocenters. The molecular weight excluding hydrogens is 291 g/mol. The quantitative estimate of drug-likeness (QED) is 0.810. The normalized spacial score (nSPS) is 14.9. The third-order valence-electron chi connectivity index (χ3n) is 2.03. The topological polar surface area (TPSA) is 41.1 Å². The highest BCUT2D eigenvalue weighted by Crippen LogP contribution is 2.20. The van der Waals surface area contributed by atoms with E-state index in [1.807, 2.05) is 24.3 Å². The van der Waals surface area contributed by atoms with E-state index in [1.165, 1.54) is 0 Å². The highest BCUT2D eigenvalue weighted by atomic mass is 127. The molecule has 74 valence electrons. The fourth-order valence-corrected chi connectivity index (χ4v) is 1.66. The van der Waals surface area contributed by atoms with Gasteiger partial charge in [0.2, 0.25) is 0 Å². The number of nitrogens with one attached hydrogen (secondary N) is 2. The van der Waals surface area contributed by atoms with Gasteiger partial charge in [0.1, 0.15) is 0 Å². The number of hydrogen-bond acceptors (Lipinski definition) is 1. The first-order chi connectivity index (χ1) is 6.75. The van der Waals surface area contributed by atoms with Gasteiger partial charge in [0.25, 0.3) is 0 Å². The van der Waals surface area contributed by atoms with Crippen LogP contribution in [0.3, 0.4) is 0 Å². The van der Waals surface area contributed by atoms with Gasteiger partial charge < -0.3 is 10.6 Å². The molecule has 0 radical (unpaired) electrons. The van der Waals surface area contributed by atoms with Crippen molar-refractivity contribution < 1.29 is 4.79 Å². The Morgan fingerprint density at radius 1 is 1.36 bits per heavy atom. The monoisotopic (exact) mass is 302 g/mol. The smallest absolute Gasteiger partial charge is 0.319 e. The summed E-state index contributed by atoms with van der Waals surface area (Å²) in [5.41, 5.74) is 0.867. The van der Waals surface area contributed by atoms with Gasteiger partial charge in [-0.05, 0) is 47.6 Å². The van der Waals surface area contributed by atoms with E-state index in [9.17, 15) is 4.79 Å². The largest absolute Gasteiger partial charge is 0.335 e. The van der Waals surface area contributed by atoms with Crippen LogP contribution in [0.5, 0.6) is 0 Å². The molecule has 0 saturated heterocycles. The van der Waals surface area contributed by atoms with Gasteiger partial charge in [0.15, 0.2) is 0 Å². The molecule has 14 heavy (non-hydrogen) atoms. The number of benzene rings is 1. The second kappa shape index (κ2) is 4.16. The van der Waals surface area contributed by atoms with Crippen molar-refractivity contribution in [2.45, 2.75) is 18.9 Å². The lowest BCUT2D eigenvalue weighted by Crippen LogP contribution is -2.30. The molecule has 0 spiro atoms. The van der Waals surface area contributed by atoms with Gasteiger partial charge in [-0.15, -0.1) is 0 Å². The van der Waals surface area contributed by atoms with Crippen LogP contribution >= 0.6 is 22.6 Å². The molecule has 1 aromatic carbocycles. The minimum atomic E-state index is -0.100. The third-order valence-corrected chi connectivity index (χ3v) is 2.98. The number of hydrogen-bond donors (Lipinski definition) is 2. The zero-order valence-corrected chi connectivity index (χ0v) is 9.74. The summed E-state index contributed by atoms with van der Waals surface area (Å²) in [6, 6.07) is 8.02. The van der Waals surface area contributed by atoms with Crippen LogP contribution in [0.15, 0.2) is 24.3 Å². The van der Waals surface area contributed by atoms with Crippen molar-refractivity contribution in [1.82, 2.24) is 5.32 Å². The van der Waals surface area contributed by atoms with Crippen LogP contribution in [0.4, 0.5) is 10.5 Å². The number of halogens is 1. The average Bonchev–Trinajstić information content (AvgIpc) is 2.93. The number of carbonyl (C=O) groups is 1. The molecular formula is C10H11IN2O. The molecule has 2 amide bonds. The third kappa shape index (κ3) is 2.60. The lowest BCUT2D eigenvalue weighted by atomic mass is 10.3. The van der Waals surface area contributed by atoms with E-state index < -0.39 is 0 Å². The van der Waals surface area contributed by atoms with Gasteiger partial charge >= 0.3 is 6.03 Å². The summed E-state index contributed by atoms with van der Waals surface area (Å²) < 4.78 is 1.05. The highest BCUT2D eigenvalue weighted by Gasteiger charge is 2.23. The Morgan fingerprint density at radius 3 is 2.71 bits per heavy atom. The highest BCUT2D eigenvalue weighted by molar-refractivity contribution is 14.1. The Labute approximate surface area is 96.4 Å². The van der Waals surface area contributed by atoms with Crippen molar-refractivity contribution in [2.24, 2.45) is 0 Å². The number of rotatable bonds is 2. The SMILES string of the molecule is O=C(Nc1ccccc1I)NC1CC1. The van der Waals surface area contributed by atoms with Crippen molar-refractivity contribution >= 4 is 34.3 Å². The Kier molecular flexibility index (Phi) is 2.90. The molecule has 1 fully saturated rings. The van der Waals surface area contributed by atoms with Gasteiger partial charge in [-0.1, -0.05) is 12.1 Å². The van der Waals surface area contributed by atoms with Crippen molar-refractivity contribution in [3.63, 3.8) is 0 Å². The molecule has 0 heterocycles. The van der Waals surface area contributed by atoms with Crippen LogP contribution in [0, 0.1) is 3.57 Å². The molecule has 2 N–H and O–H groups in total. The summed E-state index contributed by atoms with van der Waals surface area (Å²) >= 11 is 2.20. The predicted octanol–water partition coefficient (Wildman–Crippen LogP) is 2.58. The molecule has 1 aliphatic rings. The lowest BCUT2D eigenvalue weighted by Gasteiger charge is -2.07. The second-order valence-electron chi connectivity index (χ2n) is 3.35. The summed E-state index contributed by atoms with van der Waals surface area (Å²) in [4.78, 5) is 11.4. The van der Waals surface area contributed by atoms with E-state index in [-0.39, 0.29) is 6.03 Å². The minimum Gasteiger partial charge on any atom is -0.335 e. The van der Waals surface area contributed by atoms with Crippen molar-refractivity contribution in [2.75, 3.05) is 5.32 Å². The molecule has 1 aliphatic carbocycles. The van der Waals surface area contributed by atoms with Crippen LogP contribution < -0.4 is 10.6 Å². The summed E-state index contributed by atoms with van der Waals surface area (Å²) in [5, 5.41) is 5.70. The molecule has 0 aliphatic heterocycles. The molecule has 4 heteroatoms. The molecule has 1 aromatic rings. The standard InChI is InChI=1S/C10H11IN2O/c11-8-3-1-2-4-9(8)13-10(14)12-7-5-6-7/h1-4,7H,5-6H2,(H2,12,13,14). The molecule has 2 rings (SSSR count). The summed E-state index contributed by atoms with van der Waals surface area (Å²) in [6.07, 6.45) is 2.22. The molecule has 3 nitrogen and oxygen atoms in total. The maximum atomic E-state index is 11.4. The van der Waals surface area contributed by atoms with Crippen molar-refractivity contribution in [3.8, 4) is 0 Å². The minimum absolute atomic E-state index is 0.100. The van der Waals surface area contributed by atoms with E-state index in [4.69, 9.17) is 0 Å². The Hall–Kier alpha value is -0.780. The van der Waals surface area contributed by atoms with Crippen LogP contribution in [0.25, 0.3) is 0 Å². The van der Waals surface area contributed by atoms with Crippen LogP contribution in [-0.2, 0) is 0 Å². The fourth-order valence-electron chi connectivity index (χ4n) is 1.13. The number of carbonyl (C=O) groups excluding carboxylic acids is 1. The lowest BCUT2D eigenvalue weighted by molar-refractivity contribution is 0.251. The second-order valence-corrected chi connectivity index (χ2v) is 4.51. The van der Waals surface area contributed by atoms with Gasteiger partial charge in [0.05, 0.1) is 5.69 Å². The Balaban J connectivity index is 1.95. The van der Waals surface area contributed by atoms with E-state index in [1.54, 1.807) is 0 Å². The van der Waals surface area contributed by atoms with Crippen molar-refractivity contribution in [1.29, 1.82) is 0 Å². The number of anilines is 1. The number of amides is 2. The first-order valence-corrected chi connectivity index (χ1v) is 5.65. The van der Waals surface area contributed by atoms with Gasteiger partial charge in [-0.2, -0.15) is 0 Å².